The quantitative estimate of drug-likeness (QED) is 0.619. The van der Waals surface area contributed by atoms with Gasteiger partial charge in [-0.05, 0) is 47.5 Å². The van der Waals surface area contributed by atoms with Crippen LogP contribution in [0, 0.1) is 0 Å². The molecular weight excluding hydrogens is 418 g/mol. The van der Waals surface area contributed by atoms with Gasteiger partial charge in [0.1, 0.15) is 5.37 Å². The van der Waals surface area contributed by atoms with Gasteiger partial charge in [0.2, 0.25) is 5.91 Å². The van der Waals surface area contributed by atoms with Gasteiger partial charge in [0.25, 0.3) is 5.91 Å². The molecule has 1 aliphatic heterocycles. The van der Waals surface area contributed by atoms with Crippen LogP contribution in [-0.2, 0) is 17.9 Å². The van der Waals surface area contributed by atoms with Crippen LogP contribution in [0.25, 0.3) is 0 Å². The molecule has 5 nitrogen and oxygen atoms in total. The number of halogens is 1. The van der Waals surface area contributed by atoms with Crippen molar-refractivity contribution < 1.29 is 9.59 Å². The minimum absolute atomic E-state index is 0.0705. The molecule has 1 atom stereocenters. The Bertz CT molecular complexity index is 1030. The minimum atomic E-state index is -0.152. The Morgan fingerprint density at radius 3 is 2.57 bits per heavy atom. The fraction of sp³-hybridized carbons (Fsp3) is 0.174. The van der Waals surface area contributed by atoms with Crippen molar-refractivity contribution in [1.29, 1.82) is 0 Å². The van der Waals surface area contributed by atoms with Crippen LogP contribution in [0.5, 0.6) is 0 Å². The van der Waals surface area contributed by atoms with Gasteiger partial charge in [-0.25, -0.2) is 0 Å². The fourth-order valence-electron chi connectivity index (χ4n) is 3.26. The second-order valence-electron chi connectivity index (χ2n) is 6.94. The lowest BCUT2D eigenvalue weighted by molar-refractivity contribution is -0.128. The molecule has 3 aromatic rings. The Morgan fingerprint density at radius 2 is 1.87 bits per heavy atom. The van der Waals surface area contributed by atoms with Crippen LogP contribution in [0.1, 0.15) is 32.6 Å². The van der Waals surface area contributed by atoms with Gasteiger partial charge in [-0.3, -0.25) is 14.6 Å². The lowest BCUT2D eigenvalue weighted by Gasteiger charge is -2.24. The number of thioether (sulfide) groups is 1. The number of amides is 2. The molecule has 0 saturated carbocycles. The molecule has 1 aromatic heterocycles. The van der Waals surface area contributed by atoms with Gasteiger partial charge in [0, 0.05) is 23.3 Å². The SMILES string of the molecule is O=C(NCc1ccccn1)c1ccc([C@@H]2SCC(=O)N2Cc2ccc(Cl)cc2)cc1. The number of nitrogens with zero attached hydrogens (tertiary/aromatic N) is 2. The summed E-state index contributed by atoms with van der Waals surface area (Å²) < 4.78 is 0. The number of benzene rings is 2. The molecule has 0 spiro atoms. The molecule has 0 radical (unpaired) electrons. The Kier molecular flexibility index (Phi) is 6.35. The summed E-state index contributed by atoms with van der Waals surface area (Å²) in [5.41, 5.74) is 3.42. The summed E-state index contributed by atoms with van der Waals surface area (Å²) in [6.07, 6.45) is 1.70. The highest BCUT2D eigenvalue weighted by Crippen LogP contribution is 2.39. The van der Waals surface area contributed by atoms with Crippen LogP contribution in [0.4, 0.5) is 0 Å². The number of carbonyl (C=O) groups is 2. The third-order valence-electron chi connectivity index (χ3n) is 4.85. The van der Waals surface area contributed by atoms with Crippen LogP contribution in [0.2, 0.25) is 5.02 Å². The summed E-state index contributed by atoms with van der Waals surface area (Å²) in [6, 6.07) is 20.6. The molecule has 1 aliphatic rings. The maximum Gasteiger partial charge on any atom is 0.251 e. The van der Waals surface area contributed by atoms with Crippen molar-refractivity contribution in [2.75, 3.05) is 5.75 Å². The molecule has 1 N–H and O–H groups in total. The molecule has 152 valence electrons. The molecule has 0 aliphatic carbocycles. The van der Waals surface area contributed by atoms with Crippen molar-refractivity contribution in [1.82, 2.24) is 15.2 Å². The molecule has 0 bridgehead atoms. The average Bonchev–Trinajstić information content (AvgIpc) is 3.14. The highest BCUT2D eigenvalue weighted by atomic mass is 35.5. The van der Waals surface area contributed by atoms with E-state index in [0.717, 1.165) is 16.8 Å². The predicted octanol–water partition coefficient (Wildman–Crippen LogP) is 4.44. The van der Waals surface area contributed by atoms with Gasteiger partial charge in [0.05, 0.1) is 18.0 Å². The van der Waals surface area contributed by atoms with E-state index in [2.05, 4.69) is 10.3 Å². The van der Waals surface area contributed by atoms with Gasteiger partial charge in [-0.15, -0.1) is 11.8 Å². The molecule has 1 fully saturated rings. The zero-order chi connectivity index (χ0) is 20.9. The van der Waals surface area contributed by atoms with Crippen molar-refractivity contribution >= 4 is 35.2 Å². The van der Waals surface area contributed by atoms with E-state index < -0.39 is 0 Å². The van der Waals surface area contributed by atoms with Crippen molar-refractivity contribution in [3.63, 3.8) is 0 Å². The van der Waals surface area contributed by atoms with Gasteiger partial charge in [-0.1, -0.05) is 41.9 Å². The first kappa shape index (κ1) is 20.4. The monoisotopic (exact) mass is 437 g/mol. The van der Waals surface area contributed by atoms with E-state index in [1.54, 1.807) is 30.1 Å². The van der Waals surface area contributed by atoms with E-state index >= 15 is 0 Å². The number of aromatic nitrogens is 1. The van der Waals surface area contributed by atoms with Crippen molar-refractivity contribution in [3.8, 4) is 0 Å². The Labute approximate surface area is 184 Å². The third kappa shape index (κ3) is 4.83. The molecule has 30 heavy (non-hydrogen) atoms. The normalized spacial score (nSPS) is 16.0. The summed E-state index contributed by atoms with van der Waals surface area (Å²) in [4.78, 5) is 30.9. The third-order valence-corrected chi connectivity index (χ3v) is 6.36. The first-order valence-corrected chi connectivity index (χ1v) is 11.0. The van der Waals surface area contributed by atoms with Gasteiger partial charge in [-0.2, -0.15) is 0 Å². The lowest BCUT2D eigenvalue weighted by Crippen LogP contribution is -2.27. The molecular formula is C23H20ClN3O2S. The molecule has 0 unspecified atom stereocenters. The molecule has 7 heteroatoms. The second kappa shape index (κ2) is 9.32. The van der Waals surface area contributed by atoms with Crippen LogP contribution < -0.4 is 5.32 Å². The molecule has 2 amide bonds. The summed E-state index contributed by atoms with van der Waals surface area (Å²) in [6.45, 7) is 0.906. The molecule has 2 heterocycles. The standard InChI is InChI=1S/C23H20ClN3O2S/c24-19-10-4-16(5-11-19)14-27-21(28)15-30-23(27)18-8-6-17(7-9-18)22(29)26-13-20-3-1-2-12-25-20/h1-12,23H,13-15H2,(H,26,29)/t23-/m0/s1. The lowest BCUT2D eigenvalue weighted by atomic mass is 10.1. The van der Waals surface area contributed by atoms with Crippen molar-refractivity contribution in [2.24, 2.45) is 0 Å². The highest BCUT2D eigenvalue weighted by molar-refractivity contribution is 8.00. The number of nitrogens with one attached hydrogen (secondary N) is 1. The van der Waals surface area contributed by atoms with E-state index in [4.69, 9.17) is 11.6 Å². The molecule has 2 aromatic carbocycles. The van der Waals surface area contributed by atoms with Crippen LogP contribution in [0.3, 0.4) is 0 Å². The Hall–Kier alpha value is -2.83. The second-order valence-corrected chi connectivity index (χ2v) is 8.44. The topological polar surface area (TPSA) is 62.3 Å². The Morgan fingerprint density at radius 1 is 1.10 bits per heavy atom. The first-order chi connectivity index (χ1) is 14.6. The van der Waals surface area contributed by atoms with Gasteiger partial charge < -0.3 is 10.2 Å². The molecule has 4 rings (SSSR count). The summed E-state index contributed by atoms with van der Waals surface area (Å²) in [7, 11) is 0. The smallest absolute Gasteiger partial charge is 0.251 e. The number of carbonyl (C=O) groups excluding carboxylic acids is 2. The predicted molar refractivity (Wildman–Crippen MR) is 119 cm³/mol. The Balaban J connectivity index is 1.42. The van der Waals surface area contributed by atoms with Gasteiger partial charge >= 0.3 is 0 Å². The zero-order valence-corrected chi connectivity index (χ0v) is 17.7. The highest BCUT2D eigenvalue weighted by Gasteiger charge is 2.32. The number of hydrogen-bond acceptors (Lipinski definition) is 4. The first-order valence-electron chi connectivity index (χ1n) is 9.54. The van der Waals surface area contributed by atoms with Gasteiger partial charge in [0.15, 0.2) is 0 Å². The number of pyridine rings is 1. The van der Waals surface area contributed by atoms with Crippen LogP contribution in [0.15, 0.2) is 72.9 Å². The average molecular weight is 438 g/mol. The van der Waals surface area contributed by atoms with E-state index in [1.807, 2.05) is 59.5 Å². The largest absolute Gasteiger partial charge is 0.346 e. The van der Waals surface area contributed by atoms with Crippen LogP contribution in [-0.4, -0.2) is 27.5 Å². The summed E-state index contributed by atoms with van der Waals surface area (Å²) in [5.74, 6) is 0.405. The summed E-state index contributed by atoms with van der Waals surface area (Å²) in [5, 5.41) is 3.48. The van der Waals surface area contributed by atoms with Crippen molar-refractivity contribution in [2.45, 2.75) is 18.5 Å². The fourth-order valence-corrected chi connectivity index (χ4v) is 4.58. The van der Waals surface area contributed by atoms with E-state index in [0.29, 0.717) is 29.4 Å². The van der Waals surface area contributed by atoms with E-state index in [1.165, 1.54) is 0 Å². The summed E-state index contributed by atoms with van der Waals surface area (Å²) >= 11 is 7.56. The maximum absolute atomic E-state index is 12.4. The van der Waals surface area contributed by atoms with Crippen LogP contribution >= 0.6 is 23.4 Å². The molecule has 1 saturated heterocycles. The zero-order valence-electron chi connectivity index (χ0n) is 16.1. The van der Waals surface area contributed by atoms with Crippen molar-refractivity contribution in [3.05, 3.63) is 100 Å². The number of hydrogen-bond donors (Lipinski definition) is 1. The number of rotatable bonds is 6. The minimum Gasteiger partial charge on any atom is -0.346 e. The van der Waals surface area contributed by atoms with E-state index in [9.17, 15) is 9.59 Å². The van der Waals surface area contributed by atoms with E-state index in [-0.39, 0.29) is 17.2 Å². The maximum atomic E-state index is 12.4.